The van der Waals surface area contributed by atoms with Gasteiger partial charge >= 0.3 is 0 Å². The second kappa shape index (κ2) is 5.09. The van der Waals surface area contributed by atoms with Crippen LogP contribution in [0.25, 0.3) is 0 Å². The summed E-state index contributed by atoms with van der Waals surface area (Å²) in [5, 5.41) is 0. The van der Waals surface area contributed by atoms with Crippen LogP contribution in [0, 0.1) is 6.92 Å². The van der Waals surface area contributed by atoms with E-state index in [1.807, 2.05) is 28.8 Å². The number of carbonyl (C=O) groups excluding carboxylic acids is 1. The number of rotatable bonds is 1. The minimum Gasteiger partial charge on any atom is -0.345 e. The Hall–Kier alpha value is -1.55. The van der Waals surface area contributed by atoms with E-state index in [-0.39, 0.29) is 5.91 Å². The van der Waals surface area contributed by atoms with Crippen molar-refractivity contribution in [3.8, 4) is 0 Å². The zero-order valence-corrected chi connectivity index (χ0v) is 13.3. The molecule has 0 bridgehead atoms. The van der Waals surface area contributed by atoms with Gasteiger partial charge in [0, 0.05) is 29.9 Å². The Balaban J connectivity index is 2.00. The molecule has 1 aromatic heterocycles. The van der Waals surface area contributed by atoms with Gasteiger partial charge in [-0.15, -0.1) is 0 Å². The maximum Gasteiger partial charge on any atom is 0.274 e. The van der Waals surface area contributed by atoms with Gasteiger partial charge in [-0.2, -0.15) is 0 Å². The average molecular weight is 333 g/mol. The molecule has 0 fully saturated rings. The number of fused-ring (bicyclic) bond motifs is 1. The maximum absolute atomic E-state index is 12.8. The zero-order chi connectivity index (χ0) is 14.3. The van der Waals surface area contributed by atoms with E-state index < -0.39 is 0 Å². The Morgan fingerprint density at radius 2 is 2.10 bits per heavy atom. The summed E-state index contributed by atoms with van der Waals surface area (Å²) in [7, 11) is 1.90. The van der Waals surface area contributed by atoms with Crippen LogP contribution >= 0.6 is 15.9 Å². The summed E-state index contributed by atoms with van der Waals surface area (Å²) in [6, 6.07) is 8.21. The Bertz CT molecular complexity index is 675. The molecule has 3 rings (SSSR count). The van der Waals surface area contributed by atoms with Gasteiger partial charge in [-0.3, -0.25) is 4.79 Å². The first-order chi connectivity index (χ1) is 9.56. The van der Waals surface area contributed by atoms with Gasteiger partial charge in [-0.05, 0) is 53.4 Å². The molecule has 4 heteroatoms. The number of halogens is 1. The fourth-order valence-corrected chi connectivity index (χ4v) is 3.34. The van der Waals surface area contributed by atoms with Crippen molar-refractivity contribution in [3.05, 3.63) is 51.8 Å². The largest absolute Gasteiger partial charge is 0.345 e. The first kappa shape index (κ1) is 13.4. The van der Waals surface area contributed by atoms with Crippen LogP contribution in [0.1, 0.15) is 28.0 Å². The van der Waals surface area contributed by atoms with Crippen molar-refractivity contribution < 1.29 is 4.79 Å². The number of hydrogen-bond donors (Lipinski definition) is 0. The van der Waals surface area contributed by atoms with Crippen molar-refractivity contribution in [1.29, 1.82) is 0 Å². The summed E-state index contributed by atoms with van der Waals surface area (Å²) in [5.74, 6) is 0.0722. The lowest BCUT2D eigenvalue weighted by molar-refractivity contribution is 0.0977. The predicted octanol–water partition coefficient (Wildman–Crippen LogP) is 3.69. The minimum absolute atomic E-state index is 0.0722. The van der Waals surface area contributed by atoms with Crippen molar-refractivity contribution in [1.82, 2.24) is 4.57 Å². The number of benzene rings is 1. The van der Waals surface area contributed by atoms with Crippen LogP contribution in [0.5, 0.6) is 0 Å². The highest BCUT2D eigenvalue weighted by atomic mass is 79.9. The van der Waals surface area contributed by atoms with Gasteiger partial charge in [0.1, 0.15) is 5.69 Å². The summed E-state index contributed by atoms with van der Waals surface area (Å²) in [6.07, 6.45) is 3.98. The molecule has 0 saturated carbocycles. The quantitative estimate of drug-likeness (QED) is 0.781. The first-order valence-corrected chi connectivity index (χ1v) is 7.59. The van der Waals surface area contributed by atoms with Crippen LogP contribution in [-0.4, -0.2) is 17.0 Å². The molecule has 1 aliphatic heterocycles. The summed E-state index contributed by atoms with van der Waals surface area (Å²) < 4.78 is 2.80. The van der Waals surface area contributed by atoms with E-state index in [0.717, 1.165) is 29.5 Å². The lowest BCUT2D eigenvalue weighted by atomic mass is 9.99. The SMILES string of the molecule is Cc1ccc2c(c1)CCCN2C(=O)c1cc(Br)cn1C. The standard InChI is InChI=1S/C16H17BrN2O/c1-11-5-6-14-12(8-11)4-3-7-19(14)16(20)15-9-13(17)10-18(15)2/h5-6,8-10H,3-4,7H2,1-2H3. The van der Waals surface area contributed by atoms with Crippen LogP contribution in [0.3, 0.4) is 0 Å². The maximum atomic E-state index is 12.8. The zero-order valence-electron chi connectivity index (χ0n) is 11.7. The summed E-state index contributed by atoms with van der Waals surface area (Å²) in [6.45, 7) is 2.88. The van der Waals surface area contributed by atoms with Crippen molar-refractivity contribution in [2.24, 2.45) is 7.05 Å². The molecule has 0 unspecified atom stereocenters. The highest BCUT2D eigenvalue weighted by Crippen LogP contribution is 2.29. The van der Waals surface area contributed by atoms with Crippen LogP contribution in [0.4, 0.5) is 5.69 Å². The van der Waals surface area contributed by atoms with Gasteiger partial charge in [0.2, 0.25) is 0 Å². The van der Waals surface area contributed by atoms with Crippen LogP contribution < -0.4 is 4.90 Å². The summed E-state index contributed by atoms with van der Waals surface area (Å²) in [4.78, 5) is 14.7. The van der Waals surface area contributed by atoms with E-state index in [4.69, 9.17) is 0 Å². The molecule has 0 aliphatic carbocycles. The van der Waals surface area contributed by atoms with E-state index in [0.29, 0.717) is 5.69 Å². The molecule has 2 aromatic rings. The molecule has 20 heavy (non-hydrogen) atoms. The molecule has 0 radical (unpaired) electrons. The molecule has 0 atom stereocenters. The van der Waals surface area contributed by atoms with Gasteiger partial charge in [-0.25, -0.2) is 0 Å². The Morgan fingerprint density at radius 3 is 2.80 bits per heavy atom. The molecule has 3 nitrogen and oxygen atoms in total. The van der Waals surface area contributed by atoms with E-state index >= 15 is 0 Å². The van der Waals surface area contributed by atoms with E-state index in [2.05, 4.69) is 41.1 Å². The van der Waals surface area contributed by atoms with Gasteiger partial charge in [-0.1, -0.05) is 17.7 Å². The minimum atomic E-state index is 0.0722. The number of carbonyl (C=O) groups is 1. The normalized spacial score (nSPS) is 14.2. The second-order valence-corrected chi connectivity index (χ2v) is 6.26. The number of amides is 1. The third-order valence-electron chi connectivity index (χ3n) is 3.79. The van der Waals surface area contributed by atoms with Gasteiger partial charge in [0.25, 0.3) is 5.91 Å². The van der Waals surface area contributed by atoms with Gasteiger partial charge in [0.05, 0.1) is 0 Å². The van der Waals surface area contributed by atoms with Crippen molar-refractivity contribution in [3.63, 3.8) is 0 Å². The third-order valence-corrected chi connectivity index (χ3v) is 4.22. The van der Waals surface area contributed by atoms with Crippen molar-refractivity contribution in [2.45, 2.75) is 19.8 Å². The smallest absolute Gasteiger partial charge is 0.274 e. The Labute approximate surface area is 127 Å². The second-order valence-electron chi connectivity index (χ2n) is 5.35. The fraction of sp³-hybridized carbons (Fsp3) is 0.312. The number of hydrogen-bond acceptors (Lipinski definition) is 1. The van der Waals surface area contributed by atoms with E-state index in [9.17, 15) is 4.79 Å². The lowest BCUT2D eigenvalue weighted by Gasteiger charge is -2.29. The molecule has 2 heterocycles. The highest BCUT2D eigenvalue weighted by Gasteiger charge is 2.25. The molecule has 0 saturated heterocycles. The van der Waals surface area contributed by atoms with Gasteiger partial charge < -0.3 is 9.47 Å². The van der Waals surface area contributed by atoms with E-state index in [1.54, 1.807) is 0 Å². The number of anilines is 1. The number of aromatic nitrogens is 1. The van der Waals surface area contributed by atoms with Gasteiger partial charge in [0.15, 0.2) is 0 Å². The van der Waals surface area contributed by atoms with E-state index in [1.165, 1.54) is 11.1 Å². The Morgan fingerprint density at radius 1 is 1.30 bits per heavy atom. The molecule has 1 aromatic carbocycles. The molecule has 1 aliphatic rings. The Kier molecular flexibility index (Phi) is 3.42. The predicted molar refractivity (Wildman–Crippen MR) is 84.3 cm³/mol. The third kappa shape index (κ3) is 2.29. The van der Waals surface area contributed by atoms with Crippen LogP contribution in [0.15, 0.2) is 34.9 Å². The fourth-order valence-electron chi connectivity index (χ4n) is 2.81. The van der Waals surface area contributed by atoms with Crippen LogP contribution in [-0.2, 0) is 13.5 Å². The van der Waals surface area contributed by atoms with Crippen molar-refractivity contribution >= 4 is 27.5 Å². The average Bonchev–Trinajstić information content (AvgIpc) is 2.76. The highest BCUT2D eigenvalue weighted by molar-refractivity contribution is 9.10. The lowest BCUT2D eigenvalue weighted by Crippen LogP contribution is -2.36. The first-order valence-electron chi connectivity index (χ1n) is 6.79. The topological polar surface area (TPSA) is 25.2 Å². The van der Waals surface area contributed by atoms with Crippen molar-refractivity contribution in [2.75, 3.05) is 11.4 Å². The molecule has 0 N–H and O–H groups in total. The molecule has 0 spiro atoms. The van der Waals surface area contributed by atoms with Crippen LogP contribution in [0.2, 0.25) is 0 Å². The summed E-state index contributed by atoms with van der Waals surface area (Å²) in [5.41, 5.74) is 4.30. The number of aryl methyl sites for hydroxylation is 3. The number of nitrogens with zero attached hydrogens (tertiary/aromatic N) is 2. The molecule has 1 amide bonds. The summed E-state index contributed by atoms with van der Waals surface area (Å²) >= 11 is 3.42. The molecular formula is C16H17BrN2O. The molecule has 104 valence electrons. The monoisotopic (exact) mass is 332 g/mol. The molecular weight excluding hydrogens is 316 g/mol.